The van der Waals surface area contributed by atoms with Crippen LogP contribution in [0.2, 0.25) is 0 Å². The summed E-state index contributed by atoms with van der Waals surface area (Å²) in [5.41, 5.74) is 2.17. The van der Waals surface area contributed by atoms with Crippen molar-refractivity contribution in [2.75, 3.05) is 0 Å². The van der Waals surface area contributed by atoms with Crippen LogP contribution in [-0.4, -0.2) is 32.7 Å². The zero-order valence-corrected chi connectivity index (χ0v) is 18.9. The highest BCUT2D eigenvalue weighted by atomic mass is 16.6. The highest BCUT2D eigenvalue weighted by Crippen LogP contribution is 2.42. The van der Waals surface area contributed by atoms with Gasteiger partial charge < -0.3 is 14.7 Å². The molecule has 176 valence electrons. The van der Waals surface area contributed by atoms with Gasteiger partial charge in [-0.3, -0.25) is 19.7 Å². The molecule has 5 rings (SSSR count). The number of aliphatic hydroxyl groups is 1. The molecule has 2 atom stereocenters. The minimum absolute atomic E-state index is 0.00344. The number of Topliss-reactive ketones (excluding diaryl/α,β-unsaturated/α-hetero) is 1. The molecule has 0 aromatic heterocycles. The van der Waals surface area contributed by atoms with Crippen LogP contribution in [0.5, 0.6) is 5.75 Å². The van der Waals surface area contributed by atoms with Crippen molar-refractivity contribution in [3.8, 4) is 5.75 Å². The first-order valence-electron chi connectivity index (χ1n) is 11.2. The van der Waals surface area contributed by atoms with Gasteiger partial charge in [0.1, 0.15) is 17.6 Å². The van der Waals surface area contributed by atoms with Gasteiger partial charge in [0.2, 0.25) is 0 Å². The third-order valence-corrected chi connectivity index (χ3v) is 6.30. The van der Waals surface area contributed by atoms with Gasteiger partial charge in [0.15, 0.2) is 0 Å². The number of rotatable bonds is 5. The molecule has 0 aliphatic carbocycles. The van der Waals surface area contributed by atoms with Crippen LogP contribution in [0.1, 0.15) is 35.2 Å². The number of fused-ring (bicyclic) bond motifs is 1. The maximum atomic E-state index is 13.2. The van der Waals surface area contributed by atoms with E-state index < -0.39 is 22.7 Å². The van der Waals surface area contributed by atoms with E-state index in [4.69, 9.17) is 4.74 Å². The first-order valence-corrected chi connectivity index (χ1v) is 11.2. The molecule has 3 aromatic carbocycles. The summed E-state index contributed by atoms with van der Waals surface area (Å²) in [6.45, 7) is 2.04. The largest absolute Gasteiger partial charge is 0.507 e. The molecule has 2 heterocycles. The number of non-ortho nitro benzene ring substituents is 1. The van der Waals surface area contributed by atoms with E-state index in [1.54, 1.807) is 24.3 Å². The molecule has 1 amide bonds. The van der Waals surface area contributed by atoms with E-state index in [9.17, 15) is 24.8 Å². The number of aliphatic hydroxyl groups excluding tert-OH is 1. The highest BCUT2D eigenvalue weighted by molar-refractivity contribution is 6.46. The van der Waals surface area contributed by atoms with Crippen LogP contribution in [0.4, 0.5) is 5.69 Å². The van der Waals surface area contributed by atoms with E-state index in [0.29, 0.717) is 23.3 Å². The predicted octanol–water partition coefficient (Wildman–Crippen LogP) is 4.54. The Morgan fingerprint density at radius 3 is 2.60 bits per heavy atom. The summed E-state index contributed by atoms with van der Waals surface area (Å²) in [6.07, 6.45) is 0.663. The van der Waals surface area contributed by atoms with Crippen LogP contribution in [0.25, 0.3) is 5.76 Å². The SMILES string of the molecule is C[C@H]1Cc2cc(C(O)=C3C(=O)C(=O)N(Cc4ccccc4)[C@H]3c3cccc([N+](=O)[O-])c3)ccc2O1. The van der Waals surface area contributed by atoms with Gasteiger partial charge in [-0.1, -0.05) is 42.5 Å². The Bertz CT molecular complexity index is 1380. The van der Waals surface area contributed by atoms with E-state index in [1.165, 1.54) is 23.1 Å². The fourth-order valence-corrected chi connectivity index (χ4v) is 4.70. The molecule has 0 bridgehead atoms. The molecule has 3 aromatic rings. The summed E-state index contributed by atoms with van der Waals surface area (Å²) in [5, 5.41) is 22.7. The Balaban J connectivity index is 1.65. The molecule has 8 nitrogen and oxygen atoms in total. The summed E-state index contributed by atoms with van der Waals surface area (Å²) in [5.74, 6) is -1.21. The standard InChI is InChI=1S/C27H22N2O6/c1-16-12-20-13-19(10-11-22(20)35-16)25(30)23-24(18-8-5-9-21(14-18)29(33)34)28(27(32)26(23)31)15-17-6-3-2-4-7-17/h2-11,13-14,16,24,30H,12,15H2,1H3/t16-,24-/m0/s1. The highest BCUT2D eigenvalue weighted by Gasteiger charge is 2.46. The third-order valence-electron chi connectivity index (χ3n) is 6.30. The molecule has 0 unspecified atom stereocenters. The minimum Gasteiger partial charge on any atom is -0.507 e. The molecule has 8 heteroatoms. The van der Waals surface area contributed by atoms with Gasteiger partial charge in [-0.15, -0.1) is 0 Å². The number of carbonyl (C=O) groups excluding carboxylic acids is 2. The Kier molecular flexibility index (Phi) is 5.56. The van der Waals surface area contributed by atoms with Crippen molar-refractivity contribution in [2.24, 2.45) is 0 Å². The maximum absolute atomic E-state index is 13.2. The van der Waals surface area contributed by atoms with Gasteiger partial charge in [0, 0.05) is 30.7 Å². The number of nitrogens with zero attached hydrogens (tertiary/aromatic N) is 2. The lowest BCUT2D eigenvalue weighted by Crippen LogP contribution is -2.29. The molecule has 1 fully saturated rings. The first-order chi connectivity index (χ1) is 16.8. The third kappa shape index (κ3) is 4.03. The van der Waals surface area contributed by atoms with Crippen molar-refractivity contribution >= 4 is 23.1 Å². The number of hydrogen-bond acceptors (Lipinski definition) is 6. The number of benzene rings is 3. The number of ketones is 1. The van der Waals surface area contributed by atoms with E-state index in [1.807, 2.05) is 37.3 Å². The van der Waals surface area contributed by atoms with Crippen LogP contribution in [0.3, 0.4) is 0 Å². The molecule has 0 saturated carbocycles. The van der Waals surface area contributed by atoms with Gasteiger partial charge in [-0.25, -0.2) is 0 Å². The van der Waals surface area contributed by atoms with E-state index in [-0.39, 0.29) is 29.7 Å². The summed E-state index contributed by atoms with van der Waals surface area (Å²) < 4.78 is 5.72. The van der Waals surface area contributed by atoms with Crippen molar-refractivity contribution in [2.45, 2.75) is 32.0 Å². The summed E-state index contributed by atoms with van der Waals surface area (Å²) in [4.78, 5) is 38.6. The van der Waals surface area contributed by atoms with Crippen molar-refractivity contribution < 1.29 is 24.4 Å². The zero-order chi connectivity index (χ0) is 24.7. The van der Waals surface area contributed by atoms with Crippen LogP contribution in [0.15, 0.2) is 78.4 Å². The number of likely N-dealkylation sites (tertiary alicyclic amines) is 1. The molecule has 35 heavy (non-hydrogen) atoms. The normalized spacial score (nSPS) is 20.5. The van der Waals surface area contributed by atoms with Gasteiger partial charge in [-0.05, 0) is 41.8 Å². The zero-order valence-electron chi connectivity index (χ0n) is 18.9. The lowest BCUT2D eigenvalue weighted by atomic mass is 9.94. The molecule has 2 aliphatic rings. The summed E-state index contributed by atoms with van der Waals surface area (Å²) in [6, 6.07) is 19.1. The number of nitro groups is 1. The second-order valence-corrected chi connectivity index (χ2v) is 8.72. The molecular weight excluding hydrogens is 448 g/mol. The molecule has 1 saturated heterocycles. The van der Waals surface area contributed by atoms with E-state index in [0.717, 1.165) is 11.1 Å². The Morgan fingerprint density at radius 2 is 1.86 bits per heavy atom. The van der Waals surface area contributed by atoms with Crippen molar-refractivity contribution in [1.82, 2.24) is 4.90 Å². The van der Waals surface area contributed by atoms with Crippen molar-refractivity contribution in [1.29, 1.82) is 0 Å². The van der Waals surface area contributed by atoms with Crippen LogP contribution >= 0.6 is 0 Å². The maximum Gasteiger partial charge on any atom is 0.295 e. The topological polar surface area (TPSA) is 110 Å². The van der Waals surface area contributed by atoms with E-state index >= 15 is 0 Å². The molecule has 0 spiro atoms. The molecule has 2 aliphatic heterocycles. The second kappa shape index (κ2) is 8.72. The fraction of sp³-hybridized carbons (Fsp3) is 0.185. The average molecular weight is 470 g/mol. The van der Waals surface area contributed by atoms with Crippen molar-refractivity contribution in [3.63, 3.8) is 0 Å². The monoisotopic (exact) mass is 470 g/mol. The quantitative estimate of drug-likeness (QED) is 0.193. The summed E-state index contributed by atoms with van der Waals surface area (Å²) >= 11 is 0. The van der Waals surface area contributed by atoms with Crippen LogP contribution in [-0.2, 0) is 22.6 Å². The van der Waals surface area contributed by atoms with Gasteiger partial charge >= 0.3 is 0 Å². The second-order valence-electron chi connectivity index (χ2n) is 8.72. The molecular formula is C27H22N2O6. The summed E-state index contributed by atoms with van der Waals surface area (Å²) in [7, 11) is 0. The average Bonchev–Trinajstić information content (AvgIpc) is 3.35. The van der Waals surface area contributed by atoms with E-state index in [2.05, 4.69) is 0 Å². The number of carbonyl (C=O) groups is 2. The molecule has 1 N–H and O–H groups in total. The lowest BCUT2D eigenvalue weighted by Gasteiger charge is -2.25. The predicted molar refractivity (Wildman–Crippen MR) is 128 cm³/mol. The fourth-order valence-electron chi connectivity index (χ4n) is 4.70. The number of nitro benzene ring substituents is 1. The Hall–Kier alpha value is -4.46. The van der Waals surface area contributed by atoms with Crippen LogP contribution < -0.4 is 4.74 Å². The minimum atomic E-state index is -0.987. The van der Waals surface area contributed by atoms with Gasteiger partial charge in [0.25, 0.3) is 17.4 Å². The van der Waals surface area contributed by atoms with Crippen LogP contribution in [0, 0.1) is 10.1 Å². The Morgan fingerprint density at radius 1 is 1.09 bits per heavy atom. The lowest BCUT2D eigenvalue weighted by molar-refractivity contribution is -0.384. The number of amides is 1. The smallest absolute Gasteiger partial charge is 0.295 e. The Labute approximate surface area is 201 Å². The van der Waals surface area contributed by atoms with Crippen molar-refractivity contribution in [3.05, 3.63) is 111 Å². The number of hydrogen-bond donors (Lipinski definition) is 1. The number of ether oxygens (including phenoxy) is 1. The molecule has 0 radical (unpaired) electrons. The van der Waals surface area contributed by atoms with Gasteiger partial charge in [0.05, 0.1) is 16.5 Å². The first kappa shape index (κ1) is 22.3. The van der Waals surface area contributed by atoms with Gasteiger partial charge in [-0.2, -0.15) is 0 Å².